The maximum Gasteiger partial charge on any atom is 0.292 e. The third-order valence-corrected chi connectivity index (χ3v) is 2.28. The Morgan fingerprint density at radius 2 is 2.50 bits per heavy atom. The average molecular weight is 131 g/mol. The second-order valence-corrected chi connectivity index (χ2v) is 2.98. The molecule has 0 aliphatic heterocycles. The molecule has 47 valence electrons. The van der Waals surface area contributed by atoms with Crippen LogP contribution < -0.4 is 0 Å². The van der Waals surface area contributed by atoms with Crippen LogP contribution in [-0.2, 0) is 9.22 Å². The Bertz CT molecular complexity index is 72.8. The van der Waals surface area contributed by atoms with Gasteiger partial charge in [0, 0.05) is 0 Å². The number of hydrogen-bond acceptors (Lipinski definition) is 2. The zero-order chi connectivity index (χ0) is 6.41. The highest BCUT2D eigenvalue weighted by Crippen LogP contribution is 1.85. The largest absolute Gasteiger partial charge is 0.525 e. The fraction of sp³-hybridized carbons (Fsp3) is 0.600. The molecule has 0 aromatic rings. The summed E-state index contributed by atoms with van der Waals surface area (Å²) in [6, 6.07) is 1.07. The minimum atomic E-state index is -0.548. The first kappa shape index (κ1) is 7.69. The summed E-state index contributed by atoms with van der Waals surface area (Å²) in [7, 11) is -0.548. The molecule has 3 heteroatoms. The summed E-state index contributed by atoms with van der Waals surface area (Å²) >= 11 is 0. The zero-order valence-corrected chi connectivity index (χ0v) is 6.56. The van der Waals surface area contributed by atoms with Gasteiger partial charge >= 0.3 is 0 Å². The van der Waals surface area contributed by atoms with Crippen LogP contribution in [0.15, 0.2) is 0 Å². The van der Waals surface area contributed by atoms with Gasteiger partial charge in [-0.15, -0.1) is 0 Å². The van der Waals surface area contributed by atoms with Gasteiger partial charge in [0.25, 0.3) is 5.97 Å². The standard InChI is InChI=1S/C5H11O2Si/c1-3-4-8-7-5(2)6/h2-4,8H2,1H3. The molecule has 0 atom stereocenters. The van der Waals surface area contributed by atoms with E-state index in [1.807, 2.05) is 0 Å². The average Bonchev–Trinajstić information content (AvgIpc) is 1.66. The molecule has 0 amide bonds. The van der Waals surface area contributed by atoms with Crippen LogP contribution in [0.3, 0.4) is 0 Å². The lowest BCUT2D eigenvalue weighted by molar-refractivity contribution is -0.129. The summed E-state index contributed by atoms with van der Waals surface area (Å²) < 4.78 is 4.67. The van der Waals surface area contributed by atoms with Gasteiger partial charge in [-0.2, -0.15) is 0 Å². The quantitative estimate of drug-likeness (QED) is 0.406. The third kappa shape index (κ3) is 5.69. The van der Waals surface area contributed by atoms with Crippen LogP contribution in [0.1, 0.15) is 13.3 Å². The number of rotatable bonds is 3. The van der Waals surface area contributed by atoms with E-state index in [2.05, 4.69) is 18.3 Å². The predicted molar refractivity (Wildman–Crippen MR) is 35.1 cm³/mol. The van der Waals surface area contributed by atoms with Crippen molar-refractivity contribution in [2.75, 3.05) is 0 Å². The highest BCUT2D eigenvalue weighted by atomic mass is 28.2. The van der Waals surface area contributed by atoms with E-state index in [0.717, 1.165) is 12.5 Å². The molecule has 8 heavy (non-hydrogen) atoms. The van der Waals surface area contributed by atoms with Gasteiger partial charge < -0.3 is 4.43 Å². The van der Waals surface area contributed by atoms with Crippen LogP contribution in [0.25, 0.3) is 0 Å². The summed E-state index contributed by atoms with van der Waals surface area (Å²) in [5.41, 5.74) is 0. The lowest BCUT2D eigenvalue weighted by Crippen LogP contribution is -2.02. The predicted octanol–water partition coefficient (Wildman–Crippen LogP) is 0.276. The van der Waals surface area contributed by atoms with Crippen molar-refractivity contribution < 1.29 is 9.22 Å². The van der Waals surface area contributed by atoms with Crippen LogP contribution in [0.4, 0.5) is 0 Å². The number of carbonyl (C=O) groups excluding carboxylic acids is 1. The first-order valence-corrected chi connectivity index (χ1v) is 4.33. The molecule has 0 aromatic carbocycles. The second-order valence-electron chi connectivity index (χ2n) is 1.57. The highest BCUT2D eigenvalue weighted by molar-refractivity contribution is 6.30. The van der Waals surface area contributed by atoms with Crippen LogP contribution in [0.5, 0.6) is 0 Å². The SMILES string of the molecule is [CH2]C(=O)O[SiH2]CCC. The fourth-order valence-corrected chi connectivity index (χ4v) is 0.991. The Hall–Kier alpha value is -0.313. The minimum Gasteiger partial charge on any atom is -0.525 e. The van der Waals surface area contributed by atoms with E-state index >= 15 is 0 Å². The molecule has 1 radical (unpaired) electrons. The first-order valence-electron chi connectivity index (χ1n) is 2.76. The maximum absolute atomic E-state index is 10.0. The Morgan fingerprint density at radius 3 is 2.88 bits per heavy atom. The van der Waals surface area contributed by atoms with Crippen LogP contribution >= 0.6 is 0 Å². The normalized spacial score (nSPS) is 10.2. The van der Waals surface area contributed by atoms with E-state index in [1.54, 1.807) is 0 Å². The summed E-state index contributed by atoms with van der Waals surface area (Å²) in [6.45, 7) is 5.16. The van der Waals surface area contributed by atoms with E-state index < -0.39 is 9.76 Å². The van der Waals surface area contributed by atoms with Crippen LogP contribution in [0.2, 0.25) is 6.04 Å². The van der Waals surface area contributed by atoms with Gasteiger partial charge in [0.1, 0.15) is 0 Å². The molecule has 0 rings (SSSR count). The molecule has 0 aromatic heterocycles. The Labute approximate surface area is 52.2 Å². The van der Waals surface area contributed by atoms with Crippen molar-refractivity contribution in [3.05, 3.63) is 6.92 Å². The number of carbonyl (C=O) groups is 1. The molecule has 0 bridgehead atoms. The smallest absolute Gasteiger partial charge is 0.292 e. The fourth-order valence-electron chi connectivity index (χ4n) is 0.330. The summed E-state index contributed by atoms with van der Waals surface area (Å²) in [4.78, 5) is 10.0. The van der Waals surface area contributed by atoms with E-state index in [4.69, 9.17) is 0 Å². The van der Waals surface area contributed by atoms with Gasteiger partial charge in [0.15, 0.2) is 0 Å². The Balaban J connectivity index is 2.82. The monoisotopic (exact) mass is 131 g/mol. The van der Waals surface area contributed by atoms with E-state index in [-0.39, 0.29) is 5.97 Å². The van der Waals surface area contributed by atoms with Gasteiger partial charge in [-0.05, 0) is 6.04 Å². The van der Waals surface area contributed by atoms with Crippen molar-refractivity contribution in [1.82, 2.24) is 0 Å². The molecule has 0 saturated carbocycles. The highest BCUT2D eigenvalue weighted by Gasteiger charge is 1.89. The van der Waals surface area contributed by atoms with Crippen molar-refractivity contribution >= 4 is 15.7 Å². The minimum absolute atomic E-state index is 0.370. The van der Waals surface area contributed by atoms with Gasteiger partial charge in [-0.25, -0.2) is 0 Å². The Kier molecular flexibility index (Phi) is 4.65. The second kappa shape index (κ2) is 4.84. The van der Waals surface area contributed by atoms with E-state index in [1.165, 1.54) is 0 Å². The van der Waals surface area contributed by atoms with Gasteiger partial charge in [-0.3, -0.25) is 4.79 Å². The summed E-state index contributed by atoms with van der Waals surface area (Å²) in [5, 5.41) is 0. The van der Waals surface area contributed by atoms with Crippen LogP contribution in [-0.4, -0.2) is 15.7 Å². The zero-order valence-electron chi connectivity index (χ0n) is 5.14. The molecule has 0 fully saturated rings. The van der Waals surface area contributed by atoms with Crippen molar-refractivity contribution in [3.63, 3.8) is 0 Å². The van der Waals surface area contributed by atoms with Gasteiger partial charge in [0.05, 0.1) is 6.92 Å². The number of hydrogen-bond donors (Lipinski definition) is 0. The molecule has 0 spiro atoms. The maximum atomic E-state index is 10.0. The molecule has 0 saturated heterocycles. The summed E-state index contributed by atoms with van der Waals surface area (Å²) in [6.07, 6.45) is 1.11. The molecule has 0 unspecified atom stereocenters. The summed E-state index contributed by atoms with van der Waals surface area (Å²) in [5.74, 6) is -0.370. The van der Waals surface area contributed by atoms with Crippen molar-refractivity contribution in [3.8, 4) is 0 Å². The van der Waals surface area contributed by atoms with Crippen molar-refractivity contribution in [1.29, 1.82) is 0 Å². The topological polar surface area (TPSA) is 26.3 Å². The van der Waals surface area contributed by atoms with Crippen molar-refractivity contribution in [2.45, 2.75) is 19.4 Å². The molecule has 0 aliphatic rings. The van der Waals surface area contributed by atoms with Crippen molar-refractivity contribution in [2.24, 2.45) is 0 Å². The molecule has 0 N–H and O–H groups in total. The van der Waals surface area contributed by atoms with E-state index in [0.29, 0.717) is 0 Å². The molecular formula is C5H11O2Si. The lowest BCUT2D eigenvalue weighted by atomic mass is 10.6. The molecular weight excluding hydrogens is 120 g/mol. The lowest BCUT2D eigenvalue weighted by Gasteiger charge is -1.95. The Morgan fingerprint density at radius 1 is 1.88 bits per heavy atom. The molecule has 0 aliphatic carbocycles. The van der Waals surface area contributed by atoms with Gasteiger partial charge in [0.2, 0.25) is 9.76 Å². The molecule has 2 nitrogen and oxygen atoms in total. The van der Waals surface area contributed by atoms with E-state index in [9.17, 15) is 4.79 Å². The first-order chi connectivity index (χ1) is 3.77. The van der Waals surface area contributed by atoms with Gasteiger partial charge in [-0.1, -0.05) is 13.3 Å². The molecule has 0 heterocycles. The van der Waals surface area contributed by atoms with Crippen LogP contribution in [0, 0.1) is 6.92 Å². The third-order valence-electron chi connectivity index (χ3n) is 0.761.